The zero-order valence-corrected chi connectivity index (χ0v) is 33.9. The van der Waals surface area contributed by atoms with Crippen molar-refractivity contribution in [2.45, 2.75) is 239 Å². The fraction of sp³-hybridized carbons (Fsp3) is 0.792. The third-order valence-corrected chi connectivity index (χ3v) is 12.1. The number of hydrogen-bond acceptors (Lipinski definition) is 2. The first-order valence-corrected chi connectivity index (χ1v) is 22.8. The summed E-state index contributed by atoms with van der Waals surface area (Å²) < 4.78 is 0. The molecule has 2 aliphatic rings. The minimum Gasteiger partial charge on any atom is -0.270 e. The highest BCUT2D eigenvalue weighted by atomic mass is 16.2. The molecule has 3 heteroatoms. The summed E-state index contributed by atoms with van der Waals surface area (Å²) in [5, 5.41) is 0. The molecule has 1 unspecified atom stereocenters. The van der Waals surface area contributed by atoms with Gasteiger partial charge in [0.15, 0.2) is 0 Å². The van der Waals surface area contributed by atoms with Crippen LogP contribution in [-0.2, 0) is 22.6 Å². The predicted octanol–water partition coefficient (Wildman–Crippen LogP) is 14.9. The van der Waals surface area contributed by atoms with Crippen LogP contribution in [0.3, 0.4) is 0 Å². The fourth-order valence-electron chi connectivity index (χ4n) is 8.76. The van der Waals surface area contributed by atoms with Gasteiger partial charge in [-0.3, -0.25) is 14.5 Å². The molecule has 0 aromatic heterocycles. The van der Waals surface area contributed by atoms with Crippen molar-refractivity contribution < 1.29 is 9.59 Å². The number of imide groups is 1. The molecule has 0 radical (unpaired) electrons. The quantitative estimate of drug-likeness (QED) is 0.0540. The first kappa shape index (κ1) is 43.5. The van der Waals surface area contributed by atoms with Crippen molar-refractivity contribution >= 4 is 11.8 Å². The summed E-state index contributed by atoms with van der Waals surface area (Å²) in [5.74, 6) is 0.201. The van der Waals surface area contributed by atoms with Crippen LogP contribution in [0.1, 0.15) is 237 Å². The highest BCUT2D eigenvalue weighted by Gasteiger charge is 2.42. The van der Waals surface area contributed by atoms with Gasteiger partial charge in [-0.2, -0.15) is 0 Å². The Labute approximate surface area is 316 Å². The summed E-state index contributed by atoms with van der Waals surface area (Å²) >= 11 is 0. The van der Waals surface area contributed by atoms with Gasteiger partial charge >= 0.3 is 0 Å². The van der Waals surface area contributed by atoms with Crippen LogP contribution in [0.15, 0.2) is 35.4 Å². The second-order valence-electron chi connectivity index (χ2n) is 16.6. The Morgan fingerprint density at radius 3 is 1.27 bits per heavy atom. The third kappa shape index (κ3) is 17.7. The molecule has 1 atom stereocenters. The van der Waals surface area contributed by atoms with Gasteiger partial charge < -0.3 is 0 Å². The van der Waals surface area contributed by atoms with Crippen molar-refractivity contribution in [1.82, 2.24) is 4.90 Å². The molecule has 0 spiro atoms. The molecule has 2 heterocycles. The minimum absolute atomic E-state index is 0.00848. The number of carbonyl (C=O) groups excluding carboxylic acids is 2. The average Bonchev–Trinajstić information content (AvgIpc) is 3.38. The van der Waals surface area contributed by atoms with Gasteiger partial charge in [0.25, 0.3) is 11.8 Å². The van der Waals surface area contributed by atoms with Gasteiger partial charge in [0.2, 0.25) is 0 Å². The fourth-order valence-corrected chi connectivity index (χ4v) is 8.76. The Hall–Kier alpha value is -1.90. The Bertz CT molecular complexity index is 1090. The van der Waals surface area contributed by atoms with Crippen molar-refractivity contribution in [3.8, 4) is 0 Å². The Morgan fingerprint density at radius 2 is 0.843 bits per heavy atom. The van der Waals surface area contributed by atoms with Gasteiger partial charge in [-0.25, -0.2) is 0 Å². The summed E-state index contributed by atoms with van der Waals surface area (Å²) in [6.07, 6.45) is 44.8. The molecule has 290 valence electrons. The van der Waals surface area contributed by atoms with E-state index in [1.54, 1.807) is 4.90 Å². The minimum atomic E-state index is 0.00848. The molecular formula is C48H81NO2. The van der Waals surface area contributed by atoms with Crippen LogP contribution in [0.4, 0.5) is 0 Å². The van der Waals surface area contributed by atoms with Crippen LogP contribution in [0.5, 0.6) is 0 Å². The number of hydrogen-bond donors (Lipinski definition) is 0. The number of amides is 2. The number of benzene rings is 1. The molecule has 2 bridgehead atoms. The van der Waals surface area contributed by atoms with Crippen molar-refractivity contribution in [2.75, 3.05) is 0 Å². The molecule has 2 amide bonds. The normalized spacial score (nSPS) is 15.9. The first-order valence-electron chi connectivity index (χ1n) is 22.8. The maximum absolute atomic E-state index is 13.8. The second kappa shape index (κ2) is 28.6. The lowest BCUT2D eigenvalue weighted by Crippen LogP contribution is -2.34. The molecule has 1 aromatic rings. The average molecular weight is 704 g/mol. The van der Waals surface area contributed by atoms with Crippen molar-refractivity contribution in [3.63, 3.8) is 0 Å². The van der Waals surface area contributed by atoms with E-state index >= 15 is 0 Å². The number of nitrogens with zero attached hydrogens (tertiary/aromatic N) is 1. The lowest BCUT2D eigenvalue weighted by Gasteiger charge is -2.25. The summed E-state index contributed by atoms with van der Waals surface area (Å²) in [6.45, 7) is 5.02. The predicted molar refractivity (Wildman–Crippen MR) is 220 cm³/mol. The maximum atomic E-state index is 13.8. The van der Waals surface area contributed by atoms with E-state index < -0.39 is 0 Å². The van der Waals surface area contributed by atoms with Gasteiger partial charge in [0.1, 0.15) is 0 Å². The van der Waals surface area contributed by atoms with Gasteiger partial charge in [0, 0.05) is 11.1 Å². The SMILES string of the molecule is CCCCCCCCCCCCCCCCCCC1=C2C(=O)N(Cc3ccccc3CC2CCCCCCCCCCCCCCCCC)C1=O. The zero-order valence-electron chi connectivity index (χ0n) is 33.9. The summed E-state index contributed by atoms with van der Waals surface area (Å²) in [4.78, 5) is 29.1. The smallest absolute Gasteiger partial charge is 0.257 e. The van der Waals surface area contributed by atoms with Gasteiger partial charge in [-0.1, -0.05) is 231 Å². The first-order chi connectivity index (χ1) is 25.2. The molecule has 0 N–H and O–H groups in total. The van der Waals surface area contributed by atoms with E-state index in [1.165, 1.54) is 192 Å². The van der Waals surface area contributed by atoms with Crippen LogP contribution in [-0.4, -0.2) is 16.7 Å². The van der Waals surface area contributed by atoms with Crippen LogP contribution in [0, 0.1) is 5.92 Å². The van der Waals surface area contributed by atoms with E-state index in [2.05, 4.69) is 38.1 Å². The molecular weight excluding hydrogens is 623 g/mol. The maximum Gasteiger partial charge on any atom is 0.257 e. The molecule has 0 fully saturated rings. The number of rotatable bonds is 33. The van der Waals surface area contributed by atoms with E-state index in [-0.39, 0.29) is 17.7 Å². The van der Waals surface area contributed by atoms with Gasteiger partial charge in [0.05, 0.1) is 6.54 Å². The lowest BCUT2D eigenvalue weighted by molar-refractivity contribution is -0.138. The lowest BCUT2D eigenvalue weighted by atomic mass is 9.82. The topological polar surface area (TPSA) is 37.4 Å². The van der Waals surface area contributed by atoms with E-state index in [4.69, 9.17) is 0 Å². The van der Waals surface area contributed by atoms with E-state index in [0.717, 1.165) is 48.8 Å². The van der Waals surface area contributed by atoms with Crippen LogP contribution < -0.4 is 0 Å². The molecule has 2 aliphatic heterocycles. The van der Waals surface area contributed by atoms with E-state index in [1.807, 2.05) is 0 Å². The highest BCUT2D eigenvalue weighted by molar-refractivity contribution is 6.19. The Kier molecular flexibility index (Phi) is 24.4. The zero-order chi connectivity index (χ0) is 36.2. The third-order valence-electron chi connectivity index (χ3n) is 12.1. The second-order valence-corrected chi connectivity index (χ2v) is 16.6. The van der Waals surface area contributed by atoms with E-state index in [9.17, 15) is 9.59 Å². The van der Waals surface area contributed by atoms with Crippen LogP contribution in [0.2, 0.25) is 0 Å². The van der Waals surface area contributed by atoms with Crippen molar-refractivity contribution in [3.05, 3.63) is 46.5 Å². The van der Waals surface area contributed by atoms with E-state index in [0.29, 0.717) is 6.54 Å². The van der Waals surface area contributed by atoms with Crippen LogP contribution >= 0.6 is 0 Å². The Balaban J connectivity index is 1.33. The molecule has 1 aromatic carbocycles. The molecule has 3 rings (SSSR count). The molecule has 0 saturated heterocycles. The molecule has 3 nitrogen and oxygen atoms in total. The number of fused-ring (bicyclic) bond motifs is 3. The van der Waals surface area contributed by atoms with Crippen molar-refractivity contribution in [2.24, 2.45) is 5.92 Å². The molecule has 0 aliphatic carbocycles. The number of carbonyl (C=O) groups is 2. The Morgan fingerprint density at radius 1 is 0.471 bits per heavy atom. The standard InChI is InChI=1S/C48H81NO2/c1-3-5-7-9-11-13-15-17-19-21-23-25-27-29-31-33-39-45-46-43(40-42-36-34-35-38-44(42)41-49(47(45)50)48(46)51)37-32-30-28-26-24-22-20-18-16-14-12-10-8-6-4-2/h34-36,38,43H,3-33,37,39-41H2,1-2H3. The monoisotopic (exact) mass is 704 g/mol. The van der Waals surface area contributed by atoms with Crippen molar-refractivity contribution in [1.29, 1.82) is 0 Å². The summed E-state index contributed by atoms with van der Waals surface area (Å²) in [6, 6.07) is 8.53. The van der Waals surface area contributed by atoms with Gasteiger partial charge in [-0.05, 0) is 42.7 Å². The number of unbranched alkanes of at least 4 members (excludes halogenated alkanes) is 29. The largest absolute Gasteiger partial charge is 0.270 e. The van der Waals surface area contributed by atoms with Crippen LogP contribution in [0.25, 0.3) is 0 Å². The molecule has 0 saturated carbocycles. The van der Waals surface area contributed by atoms with Gasteiger partial charge in [-0.15, -0.1) is 0 Å². The summed E-state index contributed by atoms with van der Waals surface area (Å²) in [7, 11) is 0. The highest BCUT2D eigenvalue weighted by Crippen LogP contribution is 2.38. The summed E-state index contributed by atoms with van der Waals surface area (Å²) in [5.41, 5.74) is 4.24. The molecule has 51 heavy (non-hydrogen) atoms.